The van der Waals surface area contributed by atoms with Crippen LogP contribution in [0.25, 0.3) is 5.57 Å². The number of likely N-dealkylation sites (tertiary alicyclic amines) is 1. The molecule has 8 rings (SSSR count). The van der Waals surface area contributed by atoms with E-state index in [1.54, 1.807) is 25.8 Å². The summed E-state index contributed by atoms with van der Waals surface area (Å²) < 4.78 is 13.7. The number of nitriles is 1. The minimum Gasteiger partial charge on any atom is -0.501 e. The number of fused-ring (bicyclic) bond motifs is 3. The second-order valence-electron chi connectivity index (χ2n) is 15.3. The molecule has 3 aliphatic carbocycles. The fourth-order valence-electron chi connectivity index (χ4n) is 9.07. The van der Waals surface area contributed by atoms with Crippen molar-refractivity contribution in [2.24, 2.45) is 24.3 Å². The highest BCUT2D eigenvalue weighted by atomic mass is 16.5. The number of nitrogens with zero attached hydrogens (tertiary/aromatic N) is 5. The van der Waals surface area contributed by atoms with Crippen LogP contribution >= 0.6 is 0 Å². The molecule has 3 aliphatic heterocycles. The third kappa shape index (κ3) is 5.40. The molecule has 2 saturated carbocycles. The summed E-state index contributed by atoms with van der Waals surface area (Å²) in [4.78, 5) is 33.0. The molecule has 4 fully saturated rings. The van der Waals surface area contributed by atoms with E-state index in [9.17, 15) is 14.9 Å². The number of aryl methyl sites for hydroxylation is 1. The number of allylic oxidation sites excluding steroid dienone is 3. The Morgan fingerprint density at radius 3 is 2.53 bits per heavy atom. The fraction of sp³-hybridized carbons (Fsp3) is 0.525. The van der Waals surface area contributed by atoms with Gasteiger partial charge in [-0.1, -0.05) is 24.3 Å². The molecule has 1 aromatic heterocycles. The third-order valence-electron chi connectivity index (χ3n) is 12.7. The van der Waals surface area contributed by atoms with Gasteiger partial charge in [0.15, 0.2) is 0 Å². The van der Waals surface area contributed by atoms with Crippen molar-refractivity contribution in [2.45, 2.75) is 70.8 Å². The van der Waals surface area contributed by atoms with Gasteiger partial charge in [-0.25, -0.2) is 0 Å². The summed E-state index contributed by atoms with van der Waals surface area (Å²) in [5.41, 5.74) is 8.28. The van der Waals surface area contributed by atoms with Crippen molar-refractivity contribution >= 4 is 11.5 Å². The maximum atomic E-state index is 13.5. The van der Waals surface area contributed by atoms with E-state index in [0.717, 1.165) is 73.5 Å². The normalized spacial score (nSPS) is 32.7. The van der Waals surface area contributed by atoms with E-state index >= 15 is 0 Å². The minimum atomic E-state index is -0.136. The van der Waals surface area contributed by atoms with E-state index in [4.69, 9.17) is 9.47 Å². The van der Waals surface area contributed by atoms with Gasteiger partial charge in [-0.3, -0.25) is 19.4 Å². The highest BCUT2D eigenvalue weighted by molar-refractivity contribution is 5.98. The first kappa shape index (κ1) is 32.2. The van der Waals surface area contributed by atoms with Gasteiger partial charge in [-0.2, -0.15) is 5.26 Å². The van der Waals surface area contributed by atoms with Crippen LogP contribution in [0.1, 0.15) is 59.2 Å². The zero-order valence-electron chi connectivity index (χ0n) is 29.5. The number of carbonyl (C=O) groups is 1. The average molecular weight is 662 g/mol. The molecule has 2 aromatic rings. The lowest BCUT2D eigenvalue weighted by Crippen LogP contribution is -2.40. The van der Waals surface area contributed by atoms with Crippen LogP contribution in [-0.2, 0) is 34.3 Å². The van der Waals surface area contributed by atoms with Crippen molar-refractivity contribution < 1.29 is 14.3 Å². The fourth-order valence-corrected chi connectivity index (χ4v) is 9.07. The molecule has 5 unspecified atom stereocenters. The van der Waals surface area contributed by atoms with Crippen LogP contribution < -0.4 is 5.56 Å². The Hall–Kier alpha value is -3.97. The molecule has 1 amide bonds. The lowest BCUT2D eigenvalue weighted by molar-refractivity contribution is -0.129. The Labute approximate surface area is 289 Å². The van der Waals surface area contributed by atoms with Crippen LogP contribution in [0.5, 0.6) is 0 Å². The number of hydrogen-bond acceptors (Lipinski definition) is 7. The van der Waals surface area contributed by atoms with Gasteiger partial charge in [-0.05, 0) is 91.3 Å². The number of methoxy groups -OCH3 is 2. The number of ether oxygens (including phenoxy) is 2. The van der Waals surface area contributed by atoms with Crippen LogP contribution in [0.15, 0.2) is 58.8 Å². The SMILES string of the molecule is COC1=CC(c2cn(C)c(=O)c(C)c2C)=CC(OC)C1CN1CC2C(C1)N2Cc1cccc2c1CCN(C(=O)/C(C#N)=C/C13CC1C3)C2C. The van der Waals surface area contributed by atoms with Crippen LogP contribution in [0.2, 0.25) is 0 Å². The summed E-state index contributed by atoms with van der Waals surface area (Å²) in [7, 11) is 5.30. The van der Waals surface area contributed by atoms with Crippen LogP contribution in [0.4, 0.5) is 0 Å². The van der Waals surface area contributed by atoms with Crippen LogP contribution in [-0.4, -0.2) is 83.8 Å². The lowest BCUT2D eigenvalue weighted by Gasteiger charge is -2.36. The summed E-state index contributed by atoms with van der Waals surface area (Å²) in [6.45, 7) is 10.5. The van der Waals surface area contributed by atoms with Gasteiger partial charge in [0.2, 0.25) is 0 Å². The summed E-state index contributed by atoms with van der Waals surface area (Å²) in [6, 6.07) is 9.80. The van der Waals surface area contributed by atoms with Crippen molar-refractivity contribution in [3.8, 4) is 6.07 Å². The van der Waals surface area contributed by atoms with Gasteiger partial charge < -0.3 is 18.9 Å². The summed E-state index contributed by atoms with van der Waals surface area (Å²) in [6.07, 6.45) is 11.2. The molecule has 5 atom stereocenters. The number of rotatable bonds is 9. The Balaban J connectivity index is 0.912. The minimum absolute atomic E-state index is 0.0271. The van der Waals surface area contributed by atoms with Crippen molar-refractivity contribution in [2.75, 3.05) is 40.4 Å². The van der Waals surface area contributed by atoms with E-state index in [1.807, 2.05) is 31.0 Å². The predicted molar refractivity (Wildman–Crippen MR) is 187 cm³/mol. The largest absolute Gasteiger partial charge is 0.501 e. The first-order chi connectivity index (χ1) is 23.6. The smallest absolute Gasteiger partial charge is 0.264 e. The van der Waals surface area contributed by atoms with E-state index in [0.29, 0.717) is 30.1 Å². The molecule has 49 heavy (non-hydrogen) atoms. The Morgan fingerprint density at radius 1 is 1.14 bits per heavy atom. The molecule has 0 bridgehead atoms. The van der Waals surface area contributed by atoms with E-state index in [1.165, 1.54) is 16.7 Å². The molecular formula is C40H47N5O4. The number of aromatic nitrogens is 1. The maximum Gasteiger partial charge on any atom is 0.264 e. The molecule has 9 nitrogen and oxygen atoms in total. The molecule has 1 aromatic carbocycles. The van der Waals surface area contributed by atoms with Crippen molar-refractivity contribution in [1.29, 1.82) is 5.26 Å². The quantitative estimate of drug-likeness (QED) is 0.223. The van der Waals surface area contributed by atoms with Gasteiger partial charge in [0.05, 0.1) is 25.2 Å². The zero-order valence-corrected chi connectivity index (χ0v) is 29.5. The van der Waals surface area contributed by atoms with Gasteiger partial charge in [0.25, 0.3) is 11.5 Å². The Kier molecular flexibility index (Phi) is 7.78. The average Bonchev–Trinajstić information content (AvgIpc) is 4.04. The number of carbonyl (C=O) groups excluding carboxylic acids is 1. The Morgan fingerprint density at radius 2 is 1.88 bits per heavy atom. The third-order valence-corrected chi connectivity index (χ3v) is 12.7. The Bertz CT molecular complexity index is 1910. The maximum absolute atomic E-state index is 13.5. The molecular weight excluding hydrogens is 614 g/mol. The second kappa shape index (κ2) is 11.8. The van der Waals surface area contributed by atoms with E-state index in [2.05, 4.69) is 53.1 Å². The standard InChI is InChI=1S/C40H47N5O4/c1-23-24(2)38(46)42(4)19-32(23)27-12-36(48-5)33(37(13-27)49-6)20-43-21-34-35(22-43)45(34)18-26-8-7-9-30-25(3)44(11-10-31(26)30)39(47)28(17-41)14-40-15-29(40)16-40/h7-9,12-14,19,25,29,33-36H,10-11,15-16,18,20-22H2,1-6H3/b28-14+. The summed E-state index contributed by atoms with van der Waals surface area (Å²) in [5, 5.41) is 9.79. The van der Waals surface area contributed by atoms with Crippen LogP contribution in [0, 0.1) is 42.4 Å². The molecule has 0 spiro atoms. The summed E-state index contributed by atoms with van der Waals surface area (Å²) >= 11 is 0. The van der Waals surface area contributed by atoms with Gasteiger partial charge in [0.1, 0.15) is 17.4 Å². The van der Waals surface area contributed by atoms with Gasteiger partial charge in [0, 0.05) is 76.3 Å². The second-order valence-corrected chi connectivity index (χ2v) is 15.3. The predicted octanol–water partition coefficient (Wildman–Crippen LogP) is 4.43. The molecule has 4 heterocycles. The molecule has 0 radical (unpaired) electrons. The van der Waals surface area contributed by atoms with Crippen LogP contribution in [0.3, 0.4) is 0 Å². The number of piperazine rings is 1. The van der Waals surface area contributed by atoms with E-state index < -0.39 is 0 Å². The summed E-state index contributed by atoms with van der Waals surface area (Å²) in [5.74, 6) is 1.59. The molecule has 0 N–H and O–H groups in total. The number of benzene rings is 1. The zero-order chi connectivity index (χ0) is 34.4. The molecule has 6 aliphatic rings. The molecule has 2 saturated heterocycles. The number of amides is 1. The van der Waals surface area contributed by atoms with Crippen molar-refractivity contribution in [3.05, 3.63) is 97.7 Å². The highest BCUT2D eigenvalue weighted by Gasteiger charge is 2.68. The lowest BCUT2D eigenvalue weighted by atomic mass is 9.87. The monoisotopic (exact) mass is 661 g/mol. The topological polar surface area (TPSA) is 90.8 Å². The molecule has 9 heteroatoms. The first-order valence-electron chi connectivity index (χ1n) is 17.8. The number of pyridine rings is 1. The highest BCUT2D eigenvalue weighted by Crippen LogP contribution is 2.76. The van der Waals surface area contributed by atoms with Gasteiger partial charge >= 0.3 is 0 Å². The van der Waals surface area contributed by atoms with Gasteiger partial charge in [-0.15, -0.1) is 0 Å². The first-order valence-corrected chi connectivity index (χ1v) is 17.8. The van der Waals surface area contributed by atoms with Crippen molar-refractivity contribution in [3.63, 3.8) is 0 Å². The number of hydrogen-bond donors (Lipinski definition) is 0. The molecule has 256 valence electrons. The van der Waals surface area contributed by atoms with Crippen molar-refractivity contribution in [1.82, 2.24) is 19.3 Å². The van der Waals surface area contributed by atoms with E-state index in [-0.39, 0.29) is 34.9 Å².